The van der Waals surface area contributed by atoms with Crippen molar-refractivity contribution in [3.63, 3.8) is 0 Å². The maximum atomic E-state index is 10.7. The van der Waals surface area contributed by atoms with Crippen LogP contribution in [0.4, 0.5) is 0 Å². The number of hydrogen-bond donors (Lipinski definition) is 2. The lowest BCUT2D eigenvalue weighted by Crippen LogP contribution is -2.30. The van der Waals surface area contributed by atoms with Gasteiger partial charge in [-0.2, -0.15) is 0 Å². The van der Waals surface area contributed by atoms with Crippen LogP contribution in [-0.4, -0.2) is 36.3 Å². The zero-order valence-corrected chi connectivity index (χ0v) is 11.8. The number of hydrogen-bond acceptors (Lipinski definition) is 4. The van der Waals surface area contributed by atoms with Crippen molar-refractivity contribution < 1.29 is 14.6 Å². The van der Waals surface area contributed by atoms with Gasteiger partial charge in [0.1, 0.15) is 0 Å². The number of pyridine rings is 1. The average Bonchev–Trinajstić information content (AvgIpc) is 2.37. The highest BCUT2D eigenvalue weighted by Gasteiger charge is 2.16. The van der Waals surface area contributed by atoms with Gasteiger partial charge in [-0.1, -0.05) is 13.8 Å². The Bertz CT molecular complexity index is 402. The molecule has 0 saturated carbocycles. The van der Waals surface area contributed by atoms with Gasteiger partial charge in [0.05, 0.1) is 11.3 Å². The smallest absolute Gasteiger partial charge is 0.337 e. The number of rotatable bonds is 8. The van der Waals surface area contributed by atoms with E-state index in [1.807, 2.05) is 0 Å². The molecule has 1 aromatic rings. The van der Waals surface area contributed by atoms with E-state index in [2.05, 4.69) is 24.1 Å². The number of aromatic carboxylic acids is 1. The van der Waals surface area contributed by atoms with Crippen molar-refractivity contribution in [2.75, 3.05) is 20.3 Å². The minimum Gasteiger partial charge on any atom is -0.478 e. The fourth-order valence-corrected chi connectivity index (χ4v) is 1.65. The highest BCUT2D eigenvalue weighted by molar-refractivity contribution is 5.87. The molecule has 106 valence electrons. The first-order chi connectivity index (χ1) is 8.94. The van der Waals surface area contributed by atoms with Crippen LogP contribution >= 0.6 is 0 Å². The van der Waals surface area contributed by atoms with Crippen LogP contribution in [0.1, 0.15) is 36.3 Å². The van der Waals surface area contributed by atoms with E-state index in [0.29, 0.717) is 6.54 Å². The predicted octanol–water partition coefficient (Wildman–Crippen LogP) is 1.93. The number of ether oxygens (including phenoxy) is 1. The molecular formula is C14H22N2O3. The molecular weight excluding hydrogens is 244 g/mol. The van der Waals surface area contributed by atoms with Crippen molar-refractivity contribution in [1.82, 2.24) is 10.3 Å². The molecule has 0 aliphatic carbocycles. The summed E-state index contributed by atoms with van der Waals surface area (Å²) in [5, 5.41) is 12.1. The second-order valence-corrected chi connectivity index (χ2v) is 5.35. The van der Waals surface area contributed by atoms with Gasteiger partial charge in [-0.3, -0.25) is 4.98 Å². The summed E-state index contributed by atoms with van der Waals surface area (Å²) in [6.45, 7) is 6.61. The molecule has 19 heavy (non-hydrogen) atoms. The molecule has 5 heteroatoms. The molecule has 0 radical (unpaired) electrons. The molecule has 0 aliphatic heterocycles. The van der Waals surface area contributed by atoms with E-state index < -0.39 is 5.97 Å². The molecule has 1 rings (SSSR count). The van der Waals surface area contributed by atoms with E-state index in [4.69, 9.17) is 9.84 Å². The summed E-state index contributed by atoms with van der Waals surface area (Å²) in [5.74, 6) is -0.951. The summed E-state index contributed by atoms with van der Waals surface area (Å²) in [7, 11) is 1.71. The first kappa shape index (κ1) is 15.6. The fraction of sp³-hybridized carbons (Fsp3) is 0.571. The highest BCUT2D eigenvalue weighted by atomic mass is 16.5. The maximum Gasteiger partial charge on any atom is 0.337 e. The molecule has 0 fully saturated rings. The molecule has 1 aromatic heterocycles. The molecule has 0 spiro atoms. The lowest BCUT2D eigenvalue weighted by Gasteiger charge is -2.24. The minimum atomic E-state index is -0.951. The predicted molar refractivity (Wildman–Crippen MR) is 73.2 cm³/mol. The van der Waals surface area contributed by atoms with Crippen molar-refractivity contribution >= 4 is 5.97 Å². The Balaban J connectivity index is 2.38. The van der Waals surface area contributed by atoms with Crippen LogP contribution in [0.2, 0.25) is 0 Å². The topological polar surface area (TPSA) is 71.5 Å². The van der Waals surface area contributed by atoms with E-state index >= 15 is 0 Å². The van der Waals surface area contributed by atoms with Crippen LogP contribution in [0.25, 0.3) is 0 Å². The SMILES string of the molecule is COCCC(C)(C)CNCc1ccc(C(=O)O)cn1. The van der Waals surface area contributed by atoms with Crippen LogP contribution in [0.5, 0.6) is 0 Å². The quantitative estimate of drug-likeness (QED) is 0.752. The number of aromatic nitrogens is 1. The second kappa shape index (κ2) is 7.21. The Morgan fingerprint density at radius 3 is 2.74 bits per heavy atom. The molecule has 0 amide bonds. The number of carboxylic acids is 1. The van der Waals surface area contributed by atoms with Gasteiger partial charge >= 0.3 is 5.97 Å². The van der Waals surface area contributed by atoms with Gasteiger partial charge in [-0.25, -0.2) is 4.79 Å². The fourth-order valence-electron chi connectivity index (χ4n) is 1.65. The zero-order valence-electron chi connectivity index (χ0n) is 11.8. The Hall–Kier alpha value is -1.46. The van der Waals surface area contributed by atoms with Crippen LogP contribution in [0.3, 0.4) is 0 Å². The summed E-state index contributed by atoms with van der Waals surface area (Å²) in [5.41, 5.74) is 1.22. The van der Waals surface area contributed by atoms with E-state index in [1.165, 1.54) is 6.20 Å². The van der Waals surface area contributed by atoms with E-state index in [0.717, 1.165) is 25.3 Å². The normalized spacial score (nSPS) is 11.5. The van der Waals surface area contributed by atoms with Crippen LogP contribution in [0.15, 0.2) is 18.3 Å². The third-order valence-electron chi connectivity index (χ3n) is 2.96. The van der Waals surface area contributed by atoms with E-state index in [1.54, 1.807) is 19.2 Å². The van der Waals surface area contributed by atoms with Gasteiger partial charge in [0.15, 0.2) is 0 Å². The Labute approximate surface area is 114 Å². The lowest BCUT2D eigenvalue weighted by atomic mass is 9.90. The van der Waals surface area contributed by atoms with Gasteiger partial charge < -0.3 is 15.2 Å². The molecule has 1 heterocycles. The standard InChI is InChI=1S/C14H22N2O3/c1-14(2,6-7-19-3)10-15-9-12-5-4-11(8-16-12)13(17)18/h4-5,8,15H,6-7,9-10H2,1-3H3,(H,17,18). The third-order valence-corrected chi connectivity index (χ3v) is 2.96. The molecule has 0 bridgehead atoms. The van der Waals surface area contributed by atoms with Crippen molar-refractivity contribution in [3.05, 3.63) is 29.6 Å². The first-order valence-corrected chi connectivity index (χ1v) is 6.32. The Kier molecular flexibility index (Phi) is 5.92. The number of nitrogens with one attached hydrogen (secondary N) is 1. The molecule has 0 saturated heterocycles. The number of carbonyl (C=O) groups is 1. The Morgan fingerprint density at radius 2 is 2.21 bits per heavy atom. The first-order valence-electron chi connectivity index (χ1n) is 6.32. The van der Waals surface area contributed by atoms with Crippen molar-refractivity contribution in [2.45, 2.75) is 26.8 Å². The third kappa shape index (κ3) is 5.81. The van der Waals surface area contributed by atoms with Gasteiger partial charge in [-0.05, 0) is 24.0 Å². The van der Waals surface area contributed by atoms with Crippen molar-refractivity contribution in [3.8, 4) is 0 Å². The van der Waals surface area contributed by atoms with Crippen LogP contribution in [-0.2, 0) is 11.3 Å². The van der Waals surface area contributed by atoms with E-state index in [-0.39, 0.29) is 11.0 Å². The summed E-state index contributed by atoms with van der Waals surface area (Å²) >= 11 is 0. The lowest BCUT2D eigenvalue weighted by molar-refractivity contribution is 0.0696. The monoisotopic (exact) mass is 266 g/mol. The molecule has 0 atom stereocenters. The Morgan fingerprint density at radius 1 is 1.47 bits per heavy atom. The minimum absolute atomic E-state index is 0.164. The van der Waals surface area contributed by atoms with Crippen LogP contribution in [0, 0.1) is 5.41 Å². The molecule has 0 unspecified atom stereocenters. The van der Waals surface area contributed by atoms with Crippen molar-refractivity contribution in [2.24, 2.45) is 5.41 Å². The number of nitrogens with zero attached hydrogens (tertiary/aromatic N) is 1. The molecule has 2 N–H and O–H groups in total. The summed E-state index contributed by atoms with van der Waals surface area (Å²) in [6.07, 6.45) is 2.37. The maximum absolute atomic E-state index is 10.7. The van der Waals surface area contributed by atoms with Crippen LogP contribution < -0.4 is 5.32 Å². The van der Waals surface area contributed by atoms with Gasteiger partial charge in [0.25, 0.3) is 0 Å². The summed E-state index contributed by atoms with van der Waals surface area (Å²) in [4.78, 5) is 14.8. The number of methoxy groups -OCH3 is 1. The number of carboxylic acid groups (broad SMARTS) is 1. The highest BCUT2D eigenvalue weighted by Crippen LogP contribution is 2.18. The molecule has 0 aliphatic rings. The summed E-state index contributed by atoms with van der Waals surface area (Å²) < 4.78 is 5.08. The van der Waals surface area contributed by atoms with Gasteiger partial charge in [-0.15, -0.1) is 0 Å². The average molecular weight is 266 g/mol. The summed E-state index contributed by atoms with van der Waals surface area (Å²) in [6, 6.07) is 3.31. The van der Waals surface area contributed by atoms with Gasteiger partial charge in [0.2, 0.25) is 0 Å². The van der Waals surface area contributed by atoms with Gasteiger partial charge in [0, 0.05) is 33.0 Å². The molecule has 0 aromatic carbocycles. The molecule has 5 nitrogen and oxygen atoms in total. The van der Waals surface area contributed by atoms with E-state index in [9.17, 15) is 4.79 Å². The zero-order chi connectivity index (χ0) is 14.3. The largest absolute Gasteiger partial charge is 0.478 e. The van der Waals surface area contributed by atoms with Crippen molar-refractivity contribution in [1.29, 1.82) is 0 Å². The second-order valence-electron chi connectivity index (χ2n) is 5.35.